The van der Waals surface area contributed by atoms with Crippen molar-refractivity contribution in [1.29, 1.82) is 0 Å². The second-order valence-electron chi connectivity index (χ2n) is 5.93. The molecule has 0 aromatic heterocycles. The second kappa shape index (κ2) is 8.81. The summed E-state index contributed by atoms with van der Waals surface area (Å²) in [5.74, 6) is -1.27. The van der Waals surface area contributed by atoms with Gasteiger partial charge in [-0.1, -0.05) is 29.3 Å². The Kier molecular flexibility index (Phi) is 6.92. The number of methoxy groups -OCH3 is 1. The number of ether oxygens (including phenoxy) is 1. The highest BCUT2D eigenvalue weighted by Gasteiger charge is 2.23. The first-order valence-corrected chi connectivity index (χ1v) is 10.5. The van der Waals surface area contributed by atoms with E-state index in [-0.39, 0.29) is 16.3 Å². The van der Waals surface area contributed by atoms with Gasteiger partial charge in [0, 0.05) is 10.7 Å². The van der Waals surface area contributed by atoms with Crippen LogP contribution in [0.25, 0.3) is 0 Å². The zero-order valence-electron chi connectivity index (χ0n) is 15.3. The Labute approximate surface area is 173 Å². The van der Waals surface area contributed by atoms with E-state index in [1.54, 1.807) is 19.1 Å². The lowest BCUT2D eigenvalue weighted by molar-refractivity contribution is -0.114. The fraction of sp³-hybridized carbons (Fsp3) is 0.222. The molecule has 0 fully saturated rings. The molecule has 0 bridgehead atoms. The fourth-order valence-corrected chi connectivity index (χ4v) is 3.70. The Morgan fingerprint density at radius 3 is 2.43 bits per heavy atom. The maximum absolute atomic E-state index is 12.5. The summed E-state index contributed by atoms with van der Waals surface area (Å²) in [6.45, 7) is 1.24. The maximum Gasteiger partial charge on any atom is 0.339 e. The summed E-state index contributed by atoms with van der Waals surface area (Å²) in [4.78, 5) is 24.2. The number of carbonyl (C=O) groups is 2. The first-order valence-electron chi connectivity index (χ1n) is 7.94. The van der Waals surface area contributed by atoms with Gasteiger partial charge in [-0.05, 0) is 42.8 Å². The van der Waals surface area contributed by atoms with E-state index in [9.17, 15) is 18.0 Å². The molecule has 150 valence electrons. The molecule has 2 rings (SSSR count). The number of carbonyl (C=O) groups excluding carboxylic acids is 2. The van der Waals surface area contributed by atoms with Crippen LogP contribution in [0.3, 0.4) is 0 Å². The monoisotopic (exact) mass is 444 g/mol. The van der Waals surface area contributed by atoms with Gasteiger partial charge >= 0.3 is 5.97 Å². The third kappa shape index (κ3) is 5.37. The zero-order valence-corrected chi connectivity index (χ0v) is 17.7. The summed E-state index contributed by atoms with van der Waals surface area (Å²) in [5.41, 5.74) is 1.29. The molecule has 0 aliphatic heterocycles. The van der Waals surface area contributed by atoms with Crippen molar-refractivity contribution in [3.63, 3.8) is 0 Å². The van der Waals surface area contributed by atoms with Gasteiger partial charge in [-0.15, -0.1) is 0 Å². The van der Waals surface area contributed by atoms with Gasteiger partial charge in [0.15, 0.2) is 0 Å². The predicted molar refractivity (Wildman–Crippen MR) is 110 cm³/mol. The van der Waals surface area contributed by atoms with Crippen LogP contribution in [0.1, 0.15) is 15.9 Å². The van der Waals surface area contributed by atoms with Crippen LogP contribution in [0.2, 0.25) is 10.0 Å². The lowest BCUT2D eigenvalue weighted by atomic mass is 10.2. The summed E-state index contributed by atoms with van der Waals surface area (Å²) in [7, 11) is -2.55. The van der Waals surface area contributed by atoms with Crippen LogP contribution < -0.4 is 9.62 Å². The molecular weight excluding hydrogens is 427 g/mol. The molecule has 1 N–H and O–H groups in total. The number of halogens is 2. The third-order valence-corrected chi connectivity index (χ3v) is 5.47. The molecule has 0 unspecified atom stereocenters. The highest BCUT2D eigenvalue weighted by atomic mass is 35.5. The minimum Gasteiger partial charge on any atom is -0.465 e. The lowest BCUT2D eigenvalue weighted by Gasteiger charge is -2.24. The lowest BCUT2D eigenvalue weighted by Crippen LogP contribution is -2.37. The molecule has 0 heterocycles. The molecule has 0 atom stereocenters. The first-order chi connectivity index (χ1) is 13.0. The van der Waals surface area contributed by atoms with Crippen LogP contribution in [-0.2, 0) is 19.6 Å². The average molecular weight is 445 g/mol. The molecule has 0 spiro atoms. The van der Waals surface area contributed by atoms with Crippen molar-refractivity contribution in [3.05, 3.63) is 57.6 Å². The number of hydrogen-bond acceptors (Lipinski definition) is 5. The number of aryl methyl sites for hydroxylation is 1. The van der Waals surface area contributed by atoms with Gasteiger partial charge in [0.1, 0.15) is 6.54 Å². The highest BCUT2D eigenvalue weighted by molar-refractivity contribution is 7.92. The smallest absolute Gasteiger partial charge is 0.339 e. The number of nitrogens with one attached hydrogen (secondary N) is 1. The zero-order chi connectivity index (χ0) is 21.1. The Balaban J connectivity index is 2.28. The number of sulfonamides is 1. The number of anilines is 2. The number of nitrogens with zero attached hydrogens (tertiary/aromatic N) is 1. The molecule has 0 aliphatic rings. The largest absolute Gasteiger partial charge is 0.465 e. The van der Waals surface area contributed by atoms with Crippen LogP contribution in [0.15, 0.2) is 36.4 Å². The normalized spacial score (nSPS) is 11.0. The summed E-state index contributed by atoms with van der Waals surface area (Å²) < 4.78 is 30.1. The minimum atomic E-state index is -3.76. The number of hydrogen-bond donors (Lipinski definition) is 1. The number of amides is 1. The molecular formula is C18H18Cl2N2O5S. The predicted octanol–water partition coefficient (Wildman–Crippen LogP) is 3.49. The first kappa shape index (κ1) is 22.0. The van der Waals surface area contributed by atoms with Crippen LogP contribution in [0.4, 0.5) is 11.4 Å². The van der Waals surface area contributed by atoms with Crippen LogP contribution >= 0.6 is 23.2 Å². The SMILES string of the molecule is COC(=O)c1cc(NC(=O)CN(c2cc(Cl)ccc2C)S(C)(=O)=O)ccc1Cl. The standard InChI is InChI=1S/C18H18Cl2N2O5S/c1-11-4-5-12(19)8-16(11)22(28(3,25)26)10-17(23)21-13-6-7-15(20)14(9-13)18(24)27-2/h4-9H,10H2,1-3H3,(H,21,23). The van der Waals surface area contributed by atoms with Gasteiger partial charge in [0.25, 0.3) is 0 Å². The van der Waals surface area contributed by atoms with Crippen molar-refractivity contribution in [3.8, 4) is 0 Å². The minimum absolute atomic E-state index is 0.0765. The van der Waals surface area contributed by atoms with Gasteiger partial charge < -0.3 is 10.1 Å². The van der Waals surface area contributed by atoms with Gasteiger partial charge in [0.2, 0.25) is 15.9 Å². The molecule has 1 amide bonds. The molecule has 0 saturated heterocycles. The Hall–Kier alpha value is -2.29. The molecule has 2 aromatic rings. The molecule has 0 aliphatic carbocycles. The summed E-state index contributed by atoms with van der Waals surface area (Å²) in [6, 6.07) is 9.03. The van der Waals surface area contributed by atoms with E-state index in [0.717, 1.165) is 10.6 Å². The number of rotatable bonds is 6. The second-order valence-corrected chi connectivity index (χ2v) is 8.69. The van der Waals surface area contributed by atoms with Crippen molar-refractivity contribution < 1.29 is 22.7 Å². The van der Waals surface area contributed by atoms with E-state index < -0.39 is 28.4 Å². The summed E-state index contributed by atoms with van der Waals surface area (Å²) in [5, 5.41) is 3.06. The molecule has 0 radical (unpaired) electrons. The maximum atomic E-state index is 12.5. The topological polar surface area (TPSA) is 92.8 Å². The van der Waals surface area contributed by atoms with Gasteiger partial charge in [-0.3, -0.25) is 9.10 Å². The van der Waals surface area contributed by atoms with Crippen molar-refractivity contribution >= 4 is 56.5 Å². The number of esters is 1. The van der Waals surface area contributed by atoms with Crippen molar-refractivity contribution in [2.45, 2.75) is 6.92 Å². The van der Waals surface area contributed by atoms with Crippen LogP contribution in [-0.4, -0.2) is 40.2 Å². The van der Waals surface area contributed by atoms with Crippen molar-refractivity contribution in [2.24, 2.45) is 0 Å². The van der Waals surface area contributed by atoms with E-state index >= 15 is 0 Å². The quantitative estimate of drug-likeness (QED) is 0.688. The van der Waals surface area contributed by atoms with Crippen molar-refractivity contribution in [1.82, 2.24) is 0 Å². The molecule has 28 heavy (non-hydrogen) atoms. The third-order valence-electron chi connectivity index (χ3n) is 3.78. The molecule has 0 saturated carbocycles. The molecule has 2 aromatic carbocycles. The molecule has 7 nitrogen and oxygen atoms in total. The van der Waals surface area contributed by atoms with Gasteiger partial charge in [-0.25, -0.2) is 13.2 Å². The van der Waals surface area contributed by atoms with E-state index in [2.05, 4.69) is 10.1 Å². The summed E-state index contributed by atoms with van der Waals surface area (Å²) in [6.07, 6.45) is 0.998. The number of benzene rings is 2. The van der Waals surface area contributed by atoms with E-state index in [0.29, 0.717) is 16.3 Å². The van der Waals surface area contributed by atoms with Gasteiger partial charge in [-0.2, -0.15) is 0 Å². The fourth-order valence-electron chi connectivity index (χ4n) is 2.43. The Bertz CT molecular complexity index is 1020. The Morgan fingerprint density at radius 2 is 1.82 bits per heavy atom. The highest BCUT2D eigenvalue weighted by Crippen LogP contribution is 2.26. The average Bonchev–Trinajstić information content (AvgIpc) is 2.62. The van der Waals surface area contributed by atoms with E-state index in [4.69, 9.17) is 23.2 Å². The summed E-state index contributed by atoms with van der Waals surface area (Å²) >= 11 is 11.9. The van der Waals surface area contributed by atoms with Crippen LogP contribution in [0.5, 0.6) is 0 Å². The van der Waals surface area contributed by atoms with Crippen LogP contribution in [0, 0.1) is 6.92 Å². The Morgan fingerprint density at radius 1 is 1.14 bits per heavy atom. The van der Waals surface area contributed by atoms with Gasteiger partial charge in [0.05, 0.1) is 29.6 Å². The molecule has 10 heteroatoms. The van der Waals surface area contributed by atoms with E-state index in [1.165, 1.54) is 31.4 Å². The van der Waals surface area contributed by atoms with Crippen molar-refractivity contribution in [2.75, 3.05) is 29.5 Å². The van der Waals surface area contributed by atoms with E-state index in [1.807, 2.05) is 0 Å².